The third kappa shape index (κ3) is 5.41. The number of para-hydroxylation sites is 2. The van der Waals surface area contributed by atoms with Crippen LogP contribution in [-0.4, -0.2) is 16.4 Å². The van der Waals surface area contributed by atoms with Crippen LogP contribution >= 0.6 is 15.9 Å². The van der Waals surface area contributed by atoms with Gasteiger partial charge in [0.15, 0.2) is 0 Å². The second-order valence-corrected chi connectivity index (χ2v) is 14.6. The minimum absolute atomic E-state index is 1.08. The fraction of sp³-hybridized carbons (Fsp3) is 0.0204. The van der Waals surface area contributed by atoms with E-state index >= 15 is 0 Å². The minimum Gasteiger partial charge on any atom is -0.309 e. The van der Waals surface area contributed by atoms with Gasteiger partial charge in [-0.1, -0.05) is 125 Å². The van der Waals surface area contributed by atoms with Crippen molar-refractivity contribution in [3.05, 3.63) is 186 Å². The number of benzene rings is 8. The molecule has 10 aromatic rings. The standard InChI is InChI=1S/C49H33BBrN2/c1-50-38-20-12-32(13-21-38)34-16-24-46-42(28-34)44-30-36(18-26-48(44)52(46)40-8-4-2-5-9-40)37-19-27-49-45(31-37)43-29-35(33-14-22-39(51)23-15-33)17-25-47(43)53(49)41-10-6-3-7-11-41/h2-31H,1H3. The van der Waals surface area contributed by atoms with E-state index in [2.05, 4.69) is 221 Å². The largest absolute Gasteiger partial charge is 0.309 e. The van der Waals surface area contributed by atoms with Crippen LogP contribution in [0.15, 0.2) is 186 Å². The van der Waals surface area contributed by atoms with Crippen LogP contribution in [-0.2, 0) is 0 Å². The van der Waals surface area contributed by atoms with Crippen LogP contribution in [0.1, 0.15) is 0 Å². The zero-order valence-electron chi connectivity index (χ0n) is 29.2. The first-order chi connectivity index (χ1) is 26.1. The first-order valence-corrected chi connectivity index (χ1v) is 18.9. The van der Waals surface area contributed by atoms with E-state index in [1.54, 1.807) is 0 Å². The SMILES string of the molecule is C[B]c1ccc(-c2ccc3c(c2)c2cc(-c4ccc5c(c4)c4cc(-c6ccc(Br)cc6)ccc4n5-c4ccccc4)ccc2n3-c2ccccc2)cc1. The first-order valence-electron chi connectivity index (χ1n) is 18.1. The molecular weight excluding hydrogens is 707 g/mol. The van der Waals surface area contributed by atoms with Gasteiger partial charge in [-0.15, -0.1) is 0 Å². The second-order valence-electron chi connectivity index (χ2n) is 13.7. The van der Waals surface area contributed by atoms with Crippen molar-refractivity contribution < 1.29 is 0 Å². The Kier molecular flexibility index (Phi) is 7.66. The molecule has 0 aliphatic carbocycles. The van der Waals surface area contributed by atoms with E-state index in [0.717, 1.165) is 15.8 Å². The van der Waals surface area contributed by atoms with Crippen LogP contribution in [0, 0.1) is 0 Å². The van der Waals surface area contributed by atoms with Crippen LogP contribution in [0.4, 0.5) is 0 Å². The molecule has 4 heteroatoms. The Morgan fingerprint density at radius 1 is 0.358 bits per heavy atom. The molecule has 0 bridgehead atoms. The number of rotatable bonds is 6. The molecule has 0 aliphatic heterocycles. The van der Waals surface area contributed by atoms with E-state index in [-0.39, 0.29) is 0 Å². The Bertz CT molecular complexity index is 2960. The summed E-state index contributed by atoms with van der Waals surface area (Å²) < 4.78 is 5.87. The van der Waals surface area contributed by atoms with Crippen molar-refractivity contribution in [3.8, 4) is 44.8 Å². The summed E-state index contributed by atoms with van der Waals surface area (Å²) >= 11 is 3.60. The third-order valence-corrected chi connectivity index (χ3v) is 11.2. The molecule has 0 unspecified atom stereocenters. The monoisotopic (exact) mass is 739 g/mol. The highest BCUT2D eigenvalue weighted by Gasteiger charge is 2.17. The lowest BCUT2D eigenvalue weighted by Gasteiger charge is -2.09. The van der Waals surface area contributed by atoms with Gasteiger partial charge in [0.05, 0.1) is 22.1 Å². The first kappa shape index (κ1) is 31.6. The lowest BCUT2D eigenvalue weighted by Crippen LogP contribution is -2.08. The maximum absolute atomic E-state index is 3.60. The number of hydrogen-bond acceptors (Lipinski definition) is 0. The fourth-order valence-electron chi connectivity index (χ4n) is 7.99. The zero-order chi connectivity index (χ0) is 35.5. The van der Waals surface area contributed by atoms with Crippen LogP contribution in [0.3, 0.4) is 0 Å². The summed E-state index contributed by atoms with van der Waals surface area (Å²) in [5.74, 6) is 0. The van der Waals surface area contributed by atoms with Gasteiger partial charge in [-0.2, -0.15) is 0 Å². The lowest BCUT2D eigenvalue weighted by molar-refractivity contribution is 1.18. The highest BCUT2D eigenvalue weighted by Crippen LogP contribution is 2.40. The molecule has 1 radical (unpaired) electrons. The molecule has 249 valence electrons. The summed E-state index contributed by atoms with van der Waals surface area (Å²) in [4.78, 5) is 0. The summed E-state index contributed by atoms with van der Waals surface area (Å²) in [7, 11) is 2.14. The predicted molar refractivity (Wildman–Crippen MR) is 230 cm³/mol. The van der Waals surface area contributed by atoms with Crippen LogP contribution in [0.2, 0.25) is 6.82 Å². The molecule has 2 nitrogen and oxygen atoms in total. The molecule has 53 heavy (non-hydrogen) atoms. The van der Waals surface area contributed by atoms with Crippen molar-refractivity contribution in [2.45, 2.75) is 6.82 Å². The average molecular weight is 741 g/mol. The number of hydrogen-bond donors (Lipinski definition) is 0. The number of nitrogens with zero attached hydrogens (tertiary/aromatic N) is 2. The molecule has 8 aromatic carbocycles. The molecular formula is C49H33BBrN2. The van der Waals surface area contributed by atoms with Gasteiger partial charge >= 0.3 is 0 Å². The molecule has 2 heterocycles. The summed E-state index contributed by atoms with van der Waals surface area (Å²) in [5, 5.41) is 4.97. The van der Waals surface area contributed by atoms with Crippen molar-refractivity contribution in [3.63, 3.8) is 0 Å². The lowest BCUT2D eigenvalue weighted by atomic mass is 9.73. The second kappa shape index (κ2) is 12.8. The van der Waals surface area contributed by atoms with Crippen molar-refractivity contribution in [2.24, 2.45) is 0 Å². The third-order valence-electron chi connectivity index (χ3n) is 10.6. The Balaban J connectivity index is 1.18. The molecule has 0 saturated carbocycles. The number of aromatic nitrogens is 2. The molecule has 0 fully saturated rings. The molecule has 10 rings (SSSR count). The Labute approximate surface area is 318 Å². The van der Waals surface area contributed by atoms with Gasteiger partial charge in [-0.05, 0) is 118 Å². The van der Waals surface area contributed by atoms with Gasteiger partial charge < -0.3 is 9.13 Å². The van der Waals surface area contributed by atoms with E-state index in [0.29, 0.717) is 0 Å². The van der Waals surface area contributed by atoms with Crippen molar-refractivity contribution in [1.82, 2.24) is 9.13 Å². The topological polar surface area (TPSA) is 9.86 Å². The van der Waals surface area contributed by atoms with Crippen molar-refractivity contribution in [1.29, 1.82) is 0 Å². The number of halogens is 1. The summed E-state index contributed by atoms with van der Waals surface area (Å²) in [6.07, 6.45) is 0. The van der Waals surface area contributed by atoms with Gasteiger partial charge in [-0.3, -0.25) is 0 Å². The quantitative estimate of drug-likeness (QED) is 0.150. The average Bonchev–Trinajstić information content (AvgIpc) is 3.73. The highest BCUT2D eigenvalue weighted by molar-refractivity contribution is 9.10. The van der Waals surface area contributed by atoms with Gasteiger partial charge in [0.2, 0.25) is 0 Å². The van der Waals surface area contributed by atoms with Crippen molar-refractivity contribution >= 4 is 72.3 Å². The fourth-order valence-corrected chi connectivity index (χ4v) is 8.25. The van der Waals surface area contributed by atoms with E-state index in [4.69, 9.17) is 0 Å². The van der Waals surface area contributed by atoms with E-state index < -0.39 is 0 Å². The van der Waals surface area contributed by atoms with Crippen LogP contribution in [0.25, 0.3) is 88.4 Å². The predicted octanol–water partition coefficient (Wildman–Crippen LogP) is 13.0. The highest BCUT2D eigenvalue weighted by atomic mass is 79.9. The summed E-state index contributed by atoms with van der Waals surface area (Å²) in [5.41, 5.74) is 15.6. The summed E-state index contributed by atoms with van der Waals surface area (Å²) in [6, 6.07) is 66.5. The van der Waals surface area contributed by atoms with Gasteiger partial charge in [-0.25, -0.2) is 0 Å². The summed E-state index contributed by atoms with van der Waals surface area (Å²) in [6.45, 7) is 2.08. The van der Waals surface area contributed by atoms with Crippen LogP contribution < -0.4 is 5.46 Å². The normalized spacial score (nSPS) is 11.6. The maximum Gasteiger partial charge on any atom is 0.148 e. The molecule has 2 aromatic heterocycles. The molecule has 0 amide bonds. The van der Waals surface area contributed by atoms with Crippen molar-refractivity contribution in [2.75, 3.05) is 0 Å². The molecule has 0 N–H and O–H groups in total. The molecule has 0 saturated heterocycles. The maximum atomic E-state index is 3.60. The van der Waals surface area contributed by atoms with Gasteiger partial charge in [0.25, 0.3) is 0 Å². The van der Waals surface area contributed by atoms with Crippen LogP contribution in [0.5, 0.6) is 0 Å². The Morgan fingerprint density at radius 2 is 0.679 bits per heavy atom. The molecule has 0 spiro atoms. The van der Waals surface area contributed by atoms with Gasteiger partial charge in [0, 0.05) is 37.4 Å². The van der Waals surface area contributed by atoms with E-state index in [9.17, 15) is 0 Å². The van der Waals surface area contributed by atoms with E-state index in [1.165, 1.54) is 82.5 Å². The molecule has 0 atom stereocenters. The molecule has 0 aliphatic rings. The smallest absolute Gasteiger partial charge is 0.148 e. The minimum atomic E-state index is 1.08. The Hall–Kier alpha value is -6.10. The van der Waals surface area contributed by atoms with E-state index in [1.807, 2.05) is 0 Å². The van der Waals surface area contributed by atoms with Gasteiger partial charge in [0.1, 0.15) is 7.28 Å². The zero-order valence-corrected chi connectivity index (χ0v) is 30.8. The Morgan fingerprint density at radius 3 is 1.04 bits per heavy atom. The number of fused-ring (bicyclic) bond motifs is 6.